The van der Waals surface area contributed by atoms with Crippen LogP contribution in [0.1, 0.15) is 18.5 Å². The maximum atomic E-state index is 8.41. The van der Waals surface area contributed by atoms with Gasteiger partial charge in [0.25, 0.3) is 0 Å². The molecule has 0 bridgehead atoms. The van der Waals surface area contributed by atoms with Crippen LogP contribution < -0.4 is 0 Å². The van der Waals surface area contributed by atoms with Gasteiger partial charge in [0.15, 0.2) is 0 Å². The third-order valence-electron chi connectivity index (χ3n) is 1.46. The summed E-state index contributed by atoms with van der Waals surface area (Å²) in [5, 5.41) is 8.41. The average molecular weight is 264 g/mol. The average Bonchev–Trinajstić information content (AvgIpc) is 2.05. The minimum absolute atomic E-state index is 0. The molecular formula is C8H17NNiOP2-. The predicted octanol–water partition coefficient (Wildman–Crippen LogP) is 2.36. The molecule has 2 unspecified atom stereocenters. The van der Waals surface area contributed by atoms with E-state index in [0.717, 1.165) is 5.56 Å². The number of hydroxylamine groups is 1. The molecule has 13 heavy (non-hydrogen) atoms. The van der Waals surface area contributed by atoms with Crippen LogP contribution in [0.25, 0.3) is 5.48 Å². The molecule has 0 fully saturated rings. The van der Waals surface area contributed by atoms with Crippen LogP contribution in [0.15, 0.2) is 30.3 Å². The van der Waals surface area contributed by atoms with Crippen molar-refractivity contribution in [3.8, 4) is 0 Å². The second-order valence-corrected chi connectivity index (χ2v) is 2.20. The van der Waals surface area contributed by atoms with Gasteiger partial charge in [-0.2, -0.15) is 19.8 Å². The Morgan fingerprint density at radius 3 is 2.00 bits per heavy atom. The minimum atomic E-state index is -0.110. The summed E-state index contributed by atoms with van der Waals surface area (Å²) in [5.41, 5.74) is 4.19. The number of rotatable bonds is 2. The van der Waals surface area contributed by atoms with E-state index in [2.05, 4.69) is 5.48 Å². The summed E-state index contributed by atoms with van der Waals surface area (Å²) < 4.78 is 0. The Bertz CT molecular complexity index is 199. The van der Waals surface area contributed by atoms with Gasteiger partial charge in [-0.15, -0.1) is 0 Å². The van der Waals surface area contributed by atoms with Gasteiger partial charge in [0.1, 0.15) is 0 Å². The van der Waals surface area contributed by atoms with Crippen LogP contribution in [0.4, 0.5) is 0 Å². The van der Waals surface area contributed by atoms with Crippen LogP contribution in [0.5, 0.6) is 0 Å². The van der Waals surface area contributed by atoms with Crippen LogP contribution in [0.2, 0.25) is 0 Å². The van der Waals surface area contributed by atoms with Crippen molar-refractivity contribution in [3.05, 3.63) is 41.4 Å². The maximum absolute atomic E-state index is 8.41. The monoisotopic (exact) mass is 263 g/mol. The Hall–Kier alpha value is 0.494. The first-order chi connectivity index (χ1) is 4.84. The molecule has 0 amide bonds. The Kier molecular flexibility index (Phi) is 15.6. The fourth-order valence-corrected chi connectivity index (χ4v) is 0.798. The Balaban J connectivity index is -0.000000333. The van der Waals surface area contributed by atoms with Crippen molar-refractivity contribution in [2.24, 2.45) is 0 Å². The van der Waals surface area contributed by atoms with Gasteiger partial charge in [-0.25, -0.2) is 0 Å². The summed E-state index contributed by atoms with van der Waals surface area (Å²) in [7, 11) is 0. The zero-order chi connectivity index (χ0) is 7.40. The van der Waals surface area contributed by atoms with Crippen LogP contribution in [-0.4, -0.2) is 5.21 Å². The SMILES string of the molecule is C[C@H]([N-]O)c1ccccc1.P.P.[NiH]. The standard InChI is InChI=1S/C8H10NO.Ni.2H3P.H/c1-7(9-10)8-5-3-2-4-6-8;;;;/h2-7,10H,1H3;;2*1H3;/q-1;;;;/t7-;;;;/m0..../s1. The Morgan fingerprint density at radius 1 is 1.15 bits per heavy atom. The van der Waals surface area contributed by atoms with Gasteiger partial charge >= 0.3 is 16.5 Å². The molecule has 0 spiro atoms. The summed E-state index contributed by atoms with van der Waals surface area (Å²) in [6.45, 7) is 1.84. The fourth-order valence-electron chi connectivity index (χ4n) is 0.798. The number of benzene rings is 1. The molecule has 3 atom stereocenters. The first-order valence-electron chi connectivity index (χ1n) is 3.23. The summed E-state index contributed by atoms with van der Waals surface area (Å²) >= 11 is 0. The molecule has 5 heteroatoms. The molecule has 0 heterocycles. The van der Waals surface area contributed by atoms with Gasteiger partial charge in [0, 0.05) is 0 Å². The molecule has 0 saturated heterocycles. The zero-order valence-electron chi connectivity index (χ0n) is 7.61. The van der Waals surface area contributed by atoms with Crippen molar-refractivity contribution in [1.82, 2.24) is 0 Å². The molecule has 81 valence electrons. The van der Waals surface area contributed by atoms with E-state index in [9.17, 15) is 0 Å². The Morgan fingerprint density at radius 2 is 1.62 bits per heavy atom. The summed E-state index contributed by atoms with van der Waals surface area (Å²) in [6, 6.07) is 9.55. The summed E-state index contributed by atoms with van der Waals surface area (Å²) in [5.74, 6) is 0. The van der Waals surface area contributed by atoms with Crippen molar-refractivity contribution < 1.29 is 21.7 Å². The molecule has 1 aromatic carbocycles. The van der Waals surface area contributed by atoms with E-state index in [4.69, 9.17) is 5.21 Å². The molecule has 0 aliphatic heterocycles. The van der Waals surface area contributed by atoms with Gasteiger partial charge in [-0.05, 0) is 0 Å². The van der Waals surface area contributed by atoms with Crippen LogP contribution in [0, 0.1) is 0 Å². The van der Waals surface area contributed by atoms with E-state index in [-0.39, 0.29) is 42.3 Å². The first kappa shape index (κ1) is 19.1. The van der Waals surface area contributed by atoms with E-state index >= 15 is 0 Å². The second kappa shape index (κ2) is 10.6. The van der Waals surface area contributed by atoms with E-state index in [1.54, 1.807) is 0 Å². The van der Waals surface area contributed by atoms with E-state index in [1.165, 1.54) is 0 Å². The molecule has 1 rings (SSSR count). The van der Waals surface area contributed by atoms with Gasteiger partial charge in [0.2, 0.25) is 0 Å². The van der Waals surface area contributed by atoms with Gasteiger partial charge < -0.3 is 10.7 Å². The van der Waals surface area contributed by atoms with Crippen LogP contribution in [0.3, 0.4) is 0 Å². The molecule has 0 radical (unpaired) electrons. The van der Waals surface area contributed by atoms with E-state index in [1.807, 2.05) is 37.3 Å². The number of hydrogen-bond donors (Lipinski definition) is 1. The molecule has 1 aromatic rings. The number of nitrogens with zero attached hydrogens (tertiary/aromatic N) is 1. The summed E-state index contributed by atoms with van der Waals surface area (Å²) in [4.78, 5) is 0. The van der Waals surface area contributed by atoms with Gasteiger partial charge in [-0.1, -0.05) is 48.9 Å². The zero-order valence-corrected chi connectivity index (χ0v) is 11.5. The molecule has 0 aromatic heterocycles. The van der Waals surface area contributed by atoms with Crippen molar-refractivity contribution in [1.29, 1.82) is 0 Å². The van der Waals surface area contributed by atoms with Crippen LogP contribution >= 0.6 is 19.8 Å². The first-order valence-corrected chi connectivity index (χ1v) is 3.23. The number of hydrogen-bond acceptors (Lipinski definition) is 1. The van der Waals surface area contributed by atoms with Crippen molar-refractivity contribution in [2.75, 3.05) is 0 Å². The molecule has 0 aliphatic rings. The molecule has 1 N–H and O–H groups in total. The normalized spacial score (nSPS) is 10.0. The Labute approximate surface area is 96.0 Å². The quantitative estimate of drug-likeness (QED) is 0.496. The van der Waals surface area contributed by atoms with Crippen molar-refractivity contribution in [3.63, 3.8) is 0 Å². The van der Waals surface area contributed by atoms with Gasteiger partial charge in [0.05, 0.1) is 0 Å². The molecule has 2 nitrogen and oxygen atoms in total. The van der Waals surface area contributed by atoms with E-state index < -0.39 is 0 Å². The summed E-state index contributed by atoms with van der Waals surface area (Å²) in [6.07, 6.45) is 0. The molecular weight excluding hydrogens is 247 g/mol. The molecule has 0 aliphatic carbocycles. The topological polar surface area (TPSA) is 34.3 Å². The third kappa shape index (κ3) is 6.55. The van der Waals surface area contributed by atoms with Gasteiger partial charge in [-0.3, -0.25) is 0 Å². The van der Waals surface area contributed by atoms with E-state index in [0.29, 0.717) is 0 Å². The van der Waals surface area contributed by atoms with Crippen molar-refractivity contribution >= 4 is 19.8 Å². The fraction of sp³-hybridized carbons (Fsp3) is 0.250. The molecule has 0 saturated carbocycles. The van der Waals surface area contributed by atoms with Crippen LogP contribution in [-0.2, 0) is 16.5 Å². The second-order valence-electron chi connectivity index (χ2n) is 2.20. The third-order valence-corrected chi connectivity index (χ3v) is 1.46. The van der Waals surface area contributed by atoms with Crippen molar-refractivity contribution in [2.45, 2.75) is 13.0 Å². The predicted molar refractivity (Wildman–Crippen MR) is 63.6 cm³/mol.